The van der Waals surface area contributed by atoms with Crippen LogP contribution in [0.4, 0.5) is 0 Å². The Morgan fingerprint density at radius 1 is 1.17 bits per heavy atom. The monoisotopic (exact) mass is 437 g/mol. The molecule has 0 unspecified atom stereocenters. The fourth-order valence-corrected chi connectivity index (χ4v) is 6.38. The van der Waals surface area contributed by atoms with Crippen molar-refractivity contribution >= 4 is 21.8 Å². The van der Waals surface area contributed by atoms with Crippen molar-refractivity contribution in [2.75, 3.05) is 44.4 Å². The Balaban J connectivity index is 1.48. The molecule has 0 bridgehead atoms. The van der Waals surface area contributed by atoms with Crippen LogP contribution < -0.4 is 4.72 Å². The van der Waals surface area contributed by atoms with Gasteiger partial charge in [-0.2, -0.15) is 11.8 Å². The third-order valence-electron chi connectivity index (χ3n) is 5.78. The molecule has 0 spiro atoms. The molecule has 2 aliphatic heterocycles. The predicted octanol–water partition coefficient (Wildman–Crippen LogP) is 2.53. The van der Waals surface area contributed by atoms with Crippen molar-refractivity contribution in [1.82, 2.24) is 14.6 Å². The second-order valence-electron chi connectivity index (χ2n) is 7.54. The largest absolute Gasteiger partial charge is 0.449 e. The summed E-state index contributed by atoms with van der Waals surface area (Å²) in [5.74, 6) is 2.70. The van der Waals surface area contributed by atoms with Crippen LogP contribution in [-0.2, 0) is 14.8 Å². The Hall–Kier alpha value is -1.39. The van der Waals surface area contributed by atoms with Crippen LogP contribution in [0, 0.1) is 6.92 Å². The van der Waals surface area contributed by atoms with Crippen molar-refractivity contribution in [2.24, 2.45) is 0 Å². The van der Waals surface area contributed by atoms with Gasteiger partial charge in [0.05, 0.1) is 18.1 Å². The molecular formula is C20H27N3O4S2. The molecule has 4 rings (SSSR count). The first-order chi connectivity index (χ1) is 14.0. The molecular weight excluding hydrogens is 410 g/mol. The molecule has 1 aromatic carbocycles. The standard InChI is InChI=1S/C20H27N3O4S2/c1-16-22-19(14-27-16)17-2-4-18(5-3-17)29(24,25)21-15-20(6-12-28-13-7-20)23-8-10-26-11-9-23/h2-5,14,21H,6-13,15H2,1H3. The molecule has 9 heteroatoms. The van der Waals surface area contributed by atoms with Crippen molar-refractivity contribution in [1.29, 1.82) is 0 Å². The first-order valence-corrected chi connectivity index (χ1v) is 12.6. The van der Waals surface area contributed by atoms with Crippen LogP contribution in [-0.4, -0.2) is 68.2 Å². The van der Waals surface area contributed by atoms with E-state index in [2.05, 4.69) is 14.6 Å². The van der Waals surface area contributed by atoms with Gasteiger partial charge in [-0.1, -0.05) is 12.1 Å². The van der Waals surface area contributed by atoms with Gasteiger partial charge in [0.25, 0.3) is 0 Å². The number of aryl methyl sites for hydroxylation is 1. The zero-order valence-electron chi connectivity index (χ0n) is 16.6. The van der Waals surface area contributed by atoms with E-state index in [-0.39, 0.29) is 10.4 Å². The molecule has 2 aromatic rings. The molecule has 3 heterocycles. The minimum atomic E-state index is -3.59. The maximum atomic E-state index is 13.0. The minimum Gasteiger partial charge on any atom is -0.449 e. The maximum Gasteiger partial charge on any atom is 0.240 e. The SMILES string of the molecule is Cc1nc(-c2ccc(S(=O)(=O)NCC3(N4CCOCC4)CCSCC3)cc2)co1. The van der Waals surface area contributed by atoms with Gasteiger partial charge in [0.1, 0.15) is 12.0 Å². The Morgan fingerprint density at radius 2 is 1.86 bits per heavy atom. The van der Waals surface area contributed by atoms with Crippen LogP contribution in [0.5, 0.6) is 0 Å². The van der Waals surface area contributed by atoms with Crippen molar-refractivity contribution in [3.05, 3.63) is 36.4 Å². The number of hydrogen-bond donors (Lipinski definition) is 1. The lowest BCUT2D eigenvalue weighted by Crippen LogP contribution is -2.60. The number of benzene rings is 1. The highest BCUT2D eigenvalue weighted by atomic mass is 32.2. The van der Waals surface area contributed by atoms with Gasteiger partial charge in [-0.25, -0.2) is 18.1 Å². The predicted molar refractivity (Wildman–Crippen MR) is 114 cm³/mol. The molecule has 158 valence electrons. The number of rotatable bonds is 6. The van der Waals surface area contributed by atoms with Gasteiger partial charge in [-0.15, -0.1) is 0 Å². The van der Waals surface area contributed by atoms with Crippen LogP contribution in [0.15, 0.2) is 39.8 Å². The molecule has 0 atom stereocenters. The van der Waals surface area contributed by atoms with E-state index in [4.69, 9.17) is 9.15 Å². The molecule has 7 nitrogen and oxygen atoms in total. The van der Waals surface area contributed by atoms with Gasteiger partial charge in [0, 0.05) is 37.7 Å². The average Bonchev–Trinajstić information content (AvgIpc) is 3.20. The molecule has 0 radical (unpaired) electrons. The number of aromatic nitrogens is 1. The number of thioether (sulfide) groups is 1. The van der Waals surface area contributed by atoms with Gasteiger partial charge in [0.15, 0.2) is 5.89 Å². The highest BCUT2D eigenvalue weighted by Crippen LogP contribution is 2.33. The first kappa shape index (κ1) is 20.9. The maximum absolute atomic E-state index is 13.0. The highest BCUT2D eigenvalue weighted by molar-refractivity contribution is 7.99. The minimum absolute atomic E-state index is 0.125. The first-order valence-electron chi connectivity index (χ1n) is 9.91. The number of ether oxygens (including phenoxy) is 1. The van der Waals surface area contributed by atoms with E-state index in [1.165, 1.54) is 0 Å². The van der Waals surface area contributed by atoms with E-state index in [0.29, 0.717) is 31.3 Å². The summed E-state index contributed by atoms with van der Waals surface area (Å²) in [6.07, 6.45) is 3.56. The van der Waals surface area contributed by atoms with Crippen molar-refractivity contribution in [3.63, 3.8) is 0 Å². The molecule has 0 saturated carbocycles. The quantitative estimate of drug-likeness (QED) is 0.743. The normalized spacial score (nSPS) is 20.6. The molecule has 1 N–H and O–H groups in total. The zero-order valence-corrected chi connectivity index (χ0v) is 18.2. The summed E-state index contributed by atoms with van der Waals surface area (Å²) in [6, 6.07) is 6.78. The number of nitrogens with zero attached hydrogens (tertiary/aromatic N) is 2. The van der Waals surface area contributed by atoms with Crippen LogP contribution in [0.3, 0.4) is 0 Å². The Kier molecular flexibility index (Phi) is 6.31. The van der Waals surface area contributed by atoms with Gasteiger partial charge in [-0.3, -0.25) is 4.90 Å². The lowest BCUT2D eigenvalue weighted by atomic mass is 9.89. The number of hydrogen-bond acceptors (Lipinski definition) is 7. The summed E-state index contributed by atoms with van der Waals surface area (Å²) >= 11 is 1.94. The van der Waals surface area contributed by atoms with Crippen LogP contribution in [0.2, 0.25) is 0 Å². The highest BCUT2D eigenvalue weighted by Gasteiger charge is 2.39. The topological polar surface area (TPSA) is 84.7 Å². The van der Waals surface area contributed by atoms with Crippen molar-refractivity contribution in [3.8, 4) is 11.3 Å². The molecule has 1 aromatic heterocycles. The molecule has 2 fully saturated rings. The second-order valence-corrected chi connectivity index (χ2v) is 10.5. The van der Waals surface area contributed by atoms with Crippen molar-refractivity contribution in [2.45, 2.75) is 30.2 Å². The second kappa shape index (κ2) is 8.77. The molecule has 0 aliphatic carbocycles. The summed E-state index contributed by atoms with van der Waals surface area (Å²) in [6.45, 7) is 5.35. The van der Waals surface area contributed by atoms with E-state index in [9.17, 15) is 8.42 Å². The fourth-order valence-electron chi connectivity index (χ4n) is 4.01. The Bertz CT molecular complexity index is 915. The molecule has 29 heavy (non-hydrogen) atoms. The van der Waals surface area contributed by atoms with E-state index in [1.807, 2.05) is 11.8 Å². The summed E-state index contributed by atoms with van der Waals surface area (Å²) in [5.41, 5.74) is 1.40. The zero-order chi connectivity index (χ0) is 20.3. The summed E-state index contributed by atoms with van der Waals surface area (Å²) in [5, 5.41) is 0. The summed E-state index contributed by atoms with van der Waals surface area (Å²) in [4.78, 5) is 6.97. The lowest BCUT2D eigenvalue weighted by molar-refractivity contribution is -0.0242. The third-order valence-corrected chi connectivity index (χ3v) is 8.18. The number of nitrogens with one attached hydrogen (secondary N) is 1. The number of morpholine rings is 1. The number of oxazole rings is 1. The Morgan fingerprint density at radius 3 is 2.48 bits per heavy atom. The third kappa shape index (κ3) is 4.69. The van der Waals surface area contributed by atoms with E-state index < -0.39 is 10.0 Å². The van der Waals surface area contributed by atoms with Crippen LogP contribution in [0.25, 0.3) is 11.3 Å². The Labute approximate surface area is 176 Å². The molecule has 2 aliphatic rings. The molecule has 0 amide bonds. The van der Waals surface area contributed by atoms with E-state index in [1.54, 1.807) is 37.5 Å². The van der Waals surface area contributed by atoms with E-state index in [0.717, 1.165) is 43.0 Å². The van der Waals surface area contributed by atoms with Gasteiger partial charge in [0.2, 0.25) is 10.0 Å². The van der Waals surface area contributed by atoms with Crippen molar-refractivity contribution < 1.29 is 17.6 Å². The average molecular weight is 438 g/mol. The molecule has 2 saturated heterocycles. The number of sulfonamides is 1. The lowest BCUT2D eigenvalue weighted by Gasteiger charge is -2.48. The smallest absolute Gasteiger partial charge is 0.240 e. The van der Waals surface area contributed by atoms with Gasteiger partial charge >= 0.3 is 0 Å². The summed E-state index contributed by atoms with van der Waals surface area (Å²) < 4.78 is 39.5. The van der Waals surface area contributed by atoms with Gasteiger partial charge in [-0.05, 0) is 36.5 Å². The van der Waals surface area contributed by atoms with Crippen LogP contribution in [0.1, 0.15) is 18.7 Å². The van der Waals surface area contributed by atoms with Gasteiger partial charge < -0.3 is 9.15 Å². The summed E-state index contributed by atoms with van der Waals surface area (Å²) in [7, 11) is -3.59. The van der Waals surface area contributed by atoms with Crippen LogP contribution >= 0.6 is 11.8 Å². The van der Waals surface area contributed by atoms with E-state index >= 15 is 0 Å². The fraction of sp³-hybridized carbons (Fsp3) is 0.550.